The molecule has 1 N–H and O–H groups in total. The number of carbonyl (C=O) groups is 2. The highest BCUT2D eigenvalue weighted by Gasteiger charge is 2.24. The Balaban J connectivity index is 1.18. The Morgan fingerprint density at radius 1 is 1.07 bits per heavy atom. The Hall–Kier alpha value is -3.48. The molecule has 0 saturated carbocycles. The second-order valence-corrected chi connectivity index (χ2v) is 7.30. The topological polar surface area (TPSA) is 77.1 Å². The van der Waals surface area contributed by atoms with Crippen LogP contribution in [0.15, 0.2) is 54.6 Å². The summed E-state index contributed by atoms with van der Waals surface area (Å²) in [7, 11) is 0. The van der Waals surface area contributed by atoms with Crippen molar-refractivity contribution in [2.45, 2.75) is 12.8 Å². The Morgan fingerprint density at radius 3 is 2.63 bits per heavy atom. The summed E-state index contributed by atoms with van der Waals surface area (Å²) >= 11 is 0. The first-order chi connectivity index (χ1) is 14.7. The number of hydrogen-bond acceptors (Lipinski definition) is 5. The zero-order valence-electron chi connectivity index (χ0n) is 16.6. The van der Waals surface area contributed by atoms with Gasteiger partial charge in [0.15, 0.2) is 11.5 Å². The lowest BCUT2D eigenvalue weighted by Gasteiger charge is -2.31. The number of amides is 2. The number of fused-ring (bicyclic) bond motifs is 1. The fourth-order valence-electron chi connectivity index (χ4n) is 3.47. The second-order valence-electron chi connectivity index (χ2n) is 7.30. The summed E-state index contributed by atoms with van der Waals surface area (Å²) in [5.41, 5.74) is 0.875. The number of nitrogens with zero attached hydrogens (tertiary/aromatic N) is 1. The van der Waals surface area contributed by atoms with Crippen LogP contribution in [0.1, 0.15) is 18.4 Å². The van der Waals surface area contributed by atoms with Crippen LogP contribution in [0.5, 0.6) is 17.2 Å². The van der Waals surface area contributed by atoms with Crippen LogP contribution < -0.4 is 19.5 Å². The highest BCUT2D eigenvalue weighted by Crippen LogP contribution is 2.32. The molecule has 4 rings (SSSR count). The van der Waals surface area contributed by atoms with E-state index >= 15 is 0 Å². The quantitative estimate of drug-likeness (QED) is 0.767. The Bertz CT molecular complexity index is 920. The molecule has 2 heterocycles. The van der Waals surface area contributed by atoms with Gasteiger partial charge in [0.2, 0.25) is 12.7 Å². The molecule has 30 heavy (non-hydrogen) atoms. The number of piperidine rings is 1. The fraction of sp³-hybridized carbons (Fsp3) is 0.304. The highest BCUT2D eigenvalue weighted by atomic mass is 16.7. The first kappa shape index (κ1) is 19.8. The van der Waals surface area contributed by atoms with E-state index in [0.717, 1.165) is 24.2 Å². The van der Waals surface area contributed by atoms with Gasteiger partial charge in [-0.05, 0) is 54.7 Å². The largest absolute Gasteiger partial charge is 0.454 e. The second kappa shape index (κ2) is 9.35. The minimum Gasteiger partial charge on any atom is -0.454 e. The van der Waals surface area contributed by atoms with Crippen LogP contribution in [0, 0.1) is 5.92 Å². The maximum atomic E-state index is 12.2. The number of rotatable bonds is 5. The Kier molecular flexibility index (Phi) is 6.17. The van der Waals surface area contributed by atoms with Crippen molar-refractivity contribution in [2.24, 2.45) is 5.92 Å². The molecule has 0 aromatic heterocycles. The zero-order valence-corrected chi connectivity index (χ0v) is 16.6. The van der Waals surface area contributed by atoms with Crippen LogP contribution in [-0.4, -0.2) is 43.3 Å². The number of benzene rings is 2. The number of likely N-dealkylation sites (tertiary alicyclic amines) is 1. The van der Waals surface area contributed by atoms with Crippen molar-refractivity contribution in [3.05, 3.63) is 60.2 Å². The van der Waals surface area contributed by atoms with Gasteiger partial charge in [0, 0.05) is 25.7 Å². The molecule has 0 radical (unpaired) electrons. The highest BCUT2D eigenvalue weighted by molar-refractivity contribution is 5.91. The molecule has 0 spiro atoms. The van der Waals surface area contributed by atoms with E-state index < -0.39 is 0 Å². The molecule has 1 fully saturated rings. The van der Waals surface area contributed by atoms with Crippen LogP contribution in [0.25, 0.3) is 6.08 Å². The van der Waals surface area contributed by atoms with E-state index in [0.29, 0.717) is 37.1 Å². The Labute approximate surface area is 175 Å². The average molecular weight is 408 g/mol. The molecular weight excluding hydrogens is 384 g/mol. The lowest BCUT2D eigenvalue weighted by Crippen LogP contribution is -2.42. The van der Waals surface area contributed by atoms with Crippen molar-refractivity contribution >= 4 is 18.1 Å². The van der Waals surface area contributed by atoms with E-state index in [9.17, 15) is 9.59 Å². The molecular formula is C23H24N2O5. The number of nitrogens with one attached hydrogen (secondary N) is 1. The molecule has 7 nitrogen and oxygen atoms in total. The van der Waals surface area contributed by atoms with Gasteiger partial charge in [-0.15, -0.1) is 0 Å². The molecule has 156 valence electrons. The van der Waals surface area contributed by atoms with E-state index in [1.165, 1.54) is 6.08 Å². The summed E-state index contributed by atoms with van der Waals surface area (Å²) in [6, 6.07) is 14.6. The standard InChI is InChI=1S/C23H24N2O5/c26-22(9-7-17-6-8-20-21(14-17)29-16-28-20)24-15-18-10-12-25(13-11-18)23(27)30-19-4-2-1-3-5-19/h1-9,14,18H,10-13,15-16H2,(H,24,26)/b9-7+. The number of ether oxygens (including phenoxy) is 3. The molecule has 2 aromatic rings. The molecule has 2 aliphatic heterocycles. The summed E-state index contributed by atoms with van der Waals surface area (Å²) in [6.45, 7) is 2.07. The van der Waals surface area contributed by atoms with Crippen LogP contribution in [0.4, 0.5) is 4.79 Å². The van der Waals surface area contributed by atoms with Gasteiger partial charge in [-0.25, -0.2) is 4.79 Å². The average Bonchev–Trinajstić information content (AvgIpc) is 3.25. The molecule has 0 unspecified atom stereocenters. The van der Waals surface area contributed by atoms with Gasteiger partial charge < -0.3 is 24.4 Å². The van der Waals surface area contributed by atoms with Crippen molar-refractivity contribution in [1.29, 1.82) is 0 Å². The zero-order chi connectivity index (χ0) is 20.8. The lowest BCUT2D eigenvalue weighted by molar-refractivity contribution is -0.116. The SMILES string of the molecule is O=C(/C=C/c1ccc2c(c1)OCO2)NCC1CCN(C(=O)Oc2ccccc2)CC1. The summed E-state index contributed by atoms with van der Waals surface area (Å²) in [5.74, 6) is 2.16. The molecule has 1 saturated heterocycles. The summed E-state index contributed by atoms with van der Waals surface area (Å²) < 4.78 is 16.0. The third-order valence-electron chi connectivity index (χ3n) is 5.21. The smallest absolute Gasteiger partial charge is 0.415 e. The van der Waals surface area contributed by atoms with Crippen LogP contribution in [0.2, 0.25) is 0 Å². The third kappa shape index (κ3) is 5.11. The lowest BCUT2D eigenvalue weighted by atomic mass is 9.97. The van der Waals surface area contributed by atoms with E-state index in [1.807, 2.05) is 36.4 Å². The van der Waals surface area contributed by atoms with Gasteiger partial charge in [0.05, 0.1) is 0 Å². The summed E-state index contributed by atoms with van der Waals surface area (Å²) in [4.78, 5) is 26.1. The van der Waals surface area contributed by atoms with Crippen molar-refractivity contribution < 1.29 is 23.8 Å². The van der Waals surface area contributed by atoms with Crippen LogP contribution in [-0.2, 0) is 4.79 Å². The van der Waals surface area contributed by atoms with Gasteiger partial charge in [0.25, 0.3) is 0 Å². The van der Waals surface area contributed by atoms with Gasteiger partial charge in [-0.2, -0.15) is 0 Å². The van der Waals surface area contributed by atoms with Gasteiger partial charge in [-0.3, -0.25) is 4.79 Å². The maximum Gasteiger partial charge on any atom is 0.415 e. The monoisotopic (exact) mass is 408 g/mol. The number of hydrogen-bond donors (Lipinski definition) is 1. The van der Waals surface area contributed by atoms with E-state index in [1.54, 1.807) is 23.1 Å². The minimum atomic E-state index is -0.324. The third-order valence-corrected chi connectivity index (χ3v) is 5.21. The number of para-hydroxylation sites is 1. The number of carbonyl (C=O) groups excluding carboxylic acids is 2. The van der Waals surface area contributed by atoms with Gasteiger partial charge in [0.1, 0.15) is 5.75 Å². The molecule has 2 aromatic carbocycles. The molecule has 2 amide bonds. The molecule has 2 aliphatic rings. The van der Waals surface area contributed by atoms with Crippen LogP contribution in [0.3, 0.4) is 0 Å². The first-order valence-corrected chi connectivity index (χ1v) is 10.0. The predicted molar refractivity (Wildman–Crippen MR) is 111 cm³/mol. The summed E-state index contributed by atoms with van der Waals surface area (Å²) in [5, 5.41) is 2.94. The fourth-order valence-corrected chi connectivity index (χ4v) is 3.47. The van der Waals surface area contributed by atoms with E-state index in [2.05, 4.69) is 5.32 Å². The van der Waals surface area contributed by atoms with Crippen molar-refractivity contribution in [3.8, 4) is 17.2 Å². The van der Waals surface area contributed by atoms with Crippen molar-refractivity contribution in [2.75, 3.05) is 26.4 Å². The summed E-state index contributed by atoms with van der Waals surface area (Å²) in [6.07, 6.45) is 4.60. The van der Waals surface area contributed by atoms with E-state index in [4.69, 9.17) is 14.2 Å². The molecule has 0 atom stereocenters. The van der Waals surface area contributed by atoms with Crippen molar-refractivity contribution in [3.63, 3.8) is 0 Å². The van der Waals surface area contributed by atoms with Gasteiger partial charge in [-0.1, -0.05) is 24.3 Å². The Morgan fingerprint density at radius 2 is 1.83 bits per heavy atom. The molecule has 0 bridgehead atoms. The van der Waals surface area contributed by atoms with E-state index in [-0.39, 0.29) is 18.8 Å². The predicted octanol–water partition coefficient (Wildman–Crippen LogP) is 3.46. The molecule has 7 heteroatoms. The van der Waals surface area contributed by atoms with Crippen LogP contribution >= 0.6 is 0 Å². The first-order valence-electron chi connectivity index (χ1n) is 10.0. The normalized spacial score (nSPS) is 15.9. The maximum absolute atomic E-state index is 12.2. The molecule has 0 aliphatic carbocycles. The minimum absolute atomic E-state index is 0.140. The van der Waals surface area contributed by atoms with Crippen molar-refractivity contribution in [1.82, 2.24) is 10.2 Å². The van der Waals surface area contributed by atoms with Gasteiger partial charge >= 0.3 is 6.09 Å².